The molecule has 41 heavy (non-hydrogen) atoms. The van der Waals surface area contributed by atoms with Crippen molar-refractivity contribution in [3.63, 3.8) is 0 Å². The molecule has 0 spiro atoms. The van der Waals surface area contributed by atoms with Crippen molar-refractivity contribution in [1.82, 2.24) is 13.7 Å². The smallest absolute Gasteiger partial charge is 0.0704 e. The van der Waals surface area contributed by atoms with Crippen molar-refractivity contribution in [1.29, 1.82) is 0 Å². The van der Waals surface area contributed by atoms with Gasteiger partial charge in [-0.2, -0.15) is 0 Å². The Bertz CT molecular complexity index is 2340. The van der Waals surface area contributed by atoms with Crippen LogP contribution in [-0.4, -0.2) is 13.7 Å². The molecule has 7 heterocycles. The van der Waals surface area contributed by atoms with E-state index in [-0.39, 0.29) is 0 Å². The molecule has 0 aliphatic heterocycles. The molecule has 0 atom stereocenters. The highest BCUT2D eigenvalue weighted by molar-refractivity contribution is 7.26. The number of hydrogen-bond acceptors (Lipinski definition) is 4. The zero-order chi connectivity index (χ0) is 26.7. The van der Waals surface area contributed by atoms with Gasteiger partial charge in [0.05, 0.1) is 51.9 Å². The number of nitrogens with zero attached hydrogens (tertiary/aromatic N) is 3. The molecule has 194 valence electrons. The molecule has 3 aromatic carbocycles. The van der Waals surface area contributed by atoms with Crippen molar-refractivity contribution in [3.05, 3.63) is 113 Å². The first-order chi connectivity index (χ1) is 20.3. The Kier molecular flexibility index (Phi) is 4.51. The lowest BCUT2D eigenvalue weighted by atomic mass is 10.1. The Labute approximate surface area is 250 Å². The normalized spacial score (nSPS) is 12.4. The van der Waals surface area contributed by atoms with E-state index in [9.17, 15) is 0 Å². The number of para-hydroxylation sites is 1. The summed E-state index contributed by atoms with van der Waals surface area (Å²) in [6.07, 6.45) is 0. The fraction of sp³-hybridized carbons (Fsp3) is 0. The van der Waals surface area contributed by atoms with Gasteiger partial charge in [-0.3, -0.25) is 0 Å². The third kappa shape index (κ3) is 2.96. The molecule has 7 aromatic heterocycles. The maximum Gasteiger partial charge on any atom is 0.0704 e. The monoisotopic (exact) mass is 597 g/mol. The highest BCUT2D eigenvalue weighted by Crippen LogP contribution is 2.42. The van der Waals surface area contributed by atoms with E-state index in [4.69, 9.17) is 0 Å². The molecule has 0 saturated heterocycles. The summed E-state index contributed by atoms with van der Waals surface area (Å²) in [4.78, 5) is 0. The minimum atomic E-state index is 1.18. The lowest BCUT2D eigenvalue weighted by molar-refractivity contribution is 1.16. The van der Waals surface area contributed by atoms with Crippen LogP contribution in [0.2, 0.25) is 0 Å². The molecule has 0 amide bonds. The number of hydrogen-bond donors (Lipinski definition) is 0. The summed E-state index contributed by atoms with van der Waals surface area (Å²) in [7, 11) is 0. The van der Waals surface area contributed by atoms with Crippen LogP contribution in [0.25, 0.3) is 79.7 Å². The topological polar surface area (TPSA) is 14.8 Å². The second-order valence-corrected chi connectivity index (χ2v) is 13.9. The molecule has 0 fully saturated rings. The largest absolute Gasteiger partial charge is 0.309 e. The predicted molar refractivity (Wildman–Crippen MR) is 181 cm³/mol. The predicted octanol–water partition coefficient (Wildman–Crippen LogP) is 11.2. The fourth-order valence-electron chi connectivity index (χ4n) is 6.54. The van der Waals surface area contributed by atoms with Crippen LogP contribution in [-0.2, 0) is 0 Å². The van der Waals surface area contributed by atoms with Crippen molar-refractivity contribution < 1.29 is 0 Å². The zero-order valence-electron chi connectivity index (χ0n) is 21.4. The van der Waals surface area contributed by atoms with Gasteiger partial charge in [-0.15, -0.1) is 45.3 Å². The van der Waals surface area contributed by atoms with Gasteiger partial charge in [0.1, 0.15) is 0 Å². The third-order valence-electron chi connectivity index (χ3n) is 8.22. The molecular weight excluding hydrogens is 579 g/mol. The van der Waals surface area contributed by atoms with Crippen molar-refractivity contribution in [2.45, 2.75) is 0 Å². The first-order valence-corrected chi connectivity index (χ1v) is 16.9. The first kappa shape index (κ1) is 22.5. The van der Waals surface area contributed by atoms with Crippen LogP contribution in [0.15, 0.2) is 113 Å². The van der Waals surface area contributed by atoms with Gasteiger partial charge >= 0.3 is 0 Å². The summed E-state index contributed by atoms with van der Waals surface area (Å²) in [6.45, 7) is 0. The highest BCUT2D eigenvalue weighted by atomic mass is 32.1. The summed E-state index contributed by atoms with van der Waals surface area (Å²) >= 11 is 7.33. The standard InChI is InChI=1S/C34H19N3S4/c1-2-4-20(5-3-1)35-25-8-6-21(36-27-10-14-38-31(27)32-28(36)11-15-39-32)18-23(25)24-19-22(7-9-26(24)35)37-29-12-16-40-33(29)34-30(37)13-17-41-34/h1-19H. The number of aromatic nitrogens is 3. The maximum absolute atomic E-state index is 2.43. The number of fused-ring (bicyclic) bond motifs is 9. The van der Waals surface area contributed by atoms with Crippen molar-refractivity contribution in [2.75, 3.05) is 0 Å². The maximum atomic E-state index is 2.43. The van der Waals surface area contributed by atoms with E-state index in [1.54, 1.807) is 0 Å². The van der Waals surface area contributed by atoms with Crippen LogP contribution < -0.4 is 0 Å². The quantitative estimate of drug-likeness (QED) is 0.192. The lowest BCUT2D eigenvalue weighted by Gasteiger charge is -2.10. The molecule has 0 N–H and O–H groups in total. The van der Waals surface area contributed by atoms with E-state index in [2.05, 4.69) is 126 Å². The number of rotatable bonds is 3. The Morgan fingerprint density at radius 2 is 0.732 bits per heavy atom. The number of benzene rings is 3. The average molecular weight is 598 g/mol. The van der Waals surface area contributed by atoms with Gasteiger partial charge in [0, 0.05) is 27.8 Å². The van der Waals surface area contributed by atoms with Gasteiger partial charge in [0.2, 0.25) is 0 Å². The molecule has 0 radical (unpaired) electrons. The summed E-state index contributed by atoms with van der Waals surface area (Å²) < 4.78 is 12.8. The first-order valence-electron chi connectivity index (χ1n) is 13.4. The fourth-order valence-corrected chi connectivity index (χ4v) is 10.4. The van der Waals surface area contributed by atoms with E-state index < -0.39 is 0 Å². The average Bonchev–Trinajstić information content (AvgIpc) is 3.83. The van der Waals surface area contributed by atoms with Gasteiger partial charge in [-0.1, -0.05) is 18.2 Å². The number of thiophene rings is 4. The molecule has 0 unspecified atom stereocenters. The van der Waals surface area contributed by atoms with Crippen LogP contribution in [0.3, 0.4) is 0 Å². The van der Waals surface area contributed by atoms with Gasteiger partial charge in [-0.25, -0.2) is 0 Å². The van der Waals surface area contributed by atoms with Crippen LogP contribution in [0, 0.1) is 0 Å². The minimum Gasteiger partial charge on any atom is -0.309 e. The van der Waals surface area contributed by atoms with E-state index >= 15 is 0 Å². The Morgan fingerprint density at radius 1 is 0.341 bits per heavy atom. The molecule has 0 aliphatic carbocycles. The minimum absolute atomic E-state index is 1.18. The van der Waals surface area contributed by atoms with E-state index in [1.807, 2.05) is 45.3 Å². The van der Waals surface area contributed by atoms with E-state index in [0.29, 0.717) is 0 Å². The summed E-state index contributed by atoms with van der Waals surface area (Å²) in [5.74, 6) is 0. The molecule has 0 saturated carbocycles. The summed E-state index contributed by atoms with van der Waals surface area (Å²) in [6, 6.07) is 33.7. The SMILES string of the molecule is c1ccc(-n2c3ccc(-n4c5ccsc5c5sccc54)cc3c3cc(-n4c5ccsc5c5sccc54)ccc32)cc1. The lowest BCUT2D eigenvalue weighted by Crippen LogP contribution is -1.95. The third-order valence-corrected chi connectivity index (χ3v) is 12.2. The van der Waals surface area contributed by atoms with Crippen molar-refractivity contribution in [3.8, 4) is 17.1 Å². The highest BCUT2D eigenvalue weighted by Gasteiger charge is 2.19. The molecule has 10 aromatic rings. The van der Waals surface area contributed by atoms with Gasteiger partial charge in [-0.05, 0) is 94.3 Å². The van der Waals surface area contributed by atoms with Crippen LogP contribution in [0.1, 0.15) is 0 Å². The second kappa shape index (κ2) is 8.21. The van der Waals surface area contributed by atoms with Crippen LogP contribution in [0.4, 0.5) is 0 Å². The van der Waals surface area contributed by atoms with Gasteiger partial charge in [0.25, 0.3) is 0 Å². The Morgan fingerprint density at radius 3 is 1.15 bits per heavy atom. The molecule has 10 rings (SSSR count). The van der Waals surface area contributed by atoms with Crippen molar-refractivity contribution in [2.24, 2.45) is 0 Å². The zero-order valence-corrected chi connectivity index (χ0v) is 24.7. The molecular formula is C34H19N3S4. The molecule has 0 aliphatic rings. The molecule has 7 heteroatoms. The van der Waals surface area contributed by atoms with Crippen molar-refractivity contribution >= 4 is 108 Å². The van der Waals surface area contributed by atoms with Crippen LogP contribution >= 0.6 is 45.3 Å². The molecule has 3 nitrogen and oxygen atoms in total. The van der Waals surface area contributed by atoms with E-state index in [0.717, 1.165) is 0 Å². The Balaban J connectivity index is 1.31. The second-order valence-electron chi connectivity index (χ2n) is 10.3. The van der Waals surface area contributed by atoms with Gasteiger partial charge in [0.15, 0.2) is 0 Å². The summed E-state index contributed by atoms with van der Waals surface area (Å²) in [5, 5.41) is 11.4. The van der Waals surface area contributed by atoms with Crippen LogP contribution in [0.5, 0.6) is 0 Å². The molecule has 0 bridgehead atoms. The van der Waals surface area contributed by atoms with E-state index in [1.165, 1.54) is 79.7 Å². The Hall–Kier alpha value is -4.14. The van der Waals surface area contributed by atoms with Gasteiger partial charge < -0.3 is 13.7 Å². The summed E-state index contributed by atoms with van der Waals surface area (Å²) in [5.41, 5.74) is 11.2.